The van der Waals surface area contributed by atoms with E-state index < -0.39 is 11.8 Å². The molecule has 1 unspecified atom stereocenters. The first kappa shape index (κ1) is 19.9. The quantitative estimate of drug-likeness (QED) is 0.438. The van der Waals surface area contributed by atoms with Gasteiger partial charge in [0.05, 0.1) is 33.2 Å². The van der Waals surface area contributed by atoms with Crippen molar-refractivity contribution in [2.24, 2.45) is 10.7 Å². The molecule has 178 valence electrons. The molecule has 3 N–H and O–H groups in total. The first-order valence-electron chi connectivity index (χ1n) is 11.9. The number of ketones is 1. The number of aromatic nitrogens is 2. The normalized spacial score (nSPS) is 25.6. The maximum absolute atomic E-state index is 12.6. The number of hydrogen-bond acceptors (Lipinski definition) is 6. The van der Waals surface area contributed by atoms with Crippen molar-refractivity contribution in [1.82, 2.24) is 9.13 Å². The maximum Gasteiger partial charge on any atom is 0.190 e. The van der Waals surface area contributed by atoms with E-state index in [1.807, 2.05) is 38.4 Å². The molecule has 36 heavy (non-hydrogen) atoms. The zero-order valence-electron chi connectivity index (χ0n) is 19.9. The smallest absolute Gasteiger partial charge is 0.190 e. The number of benzene rings is 2. The van der Waals surface area contributed by atoms with Gasteiger partial charge in [-0.2, -0.15) is 0 Å². The third kappa shape index (κ3) is 2.03. The zero-order chi connectivity index (χ0) is 24.7. The van der Waals surface area contributed by atoms with E-state index in [0.717, 1.165) is 49.1 Å². The Bertz CT molecular complexity index is 2000. The lowest BCUT2D eigenvalue weighted by Crippen LogP contribution is -2.47. The van der Waals surface area contributed by atoms with Gasteiger partial charge in [0.25, 0.3) is 0 Å². The minimum absolute atomic E-state index is 0.0412. The van der Waals surface area contributed by atoms with Gasteiger partial charge in [0.15, 0.2) is 17.6 Å². The molecule has 4 aromatic rings. The molecule has 2 aromatic heterocycles. The van der Waals surface area contributed by atoms with Crippen molar-refractivity contribution in [3.05, 3.63) is 57.2 Å². The van der Waals surface area contributed by atoms with Gasteiger partial charge in [-0.25, -0.2) is 0 Å². The Kier molecular flexibility index (Phi) is 3.37. The minimum atomic E-state index is -0.995. The summed E-state index contributed by atoms with van der Waals surface area (Å²) >= 11 is 0. The number of rotatable bonds is 1. The second-order valence-corrected chi connectivity index (χ2v) is 10.1. The molecule has 3 aliphatic heterocycles. The van der Waals surface area contributed by atoms with Gasteiger partial charge in [0, 0.05) is 71.2 Å². The van der Waals surface area contributed by atoms with Crippen molar-refractivity contribution in [3.8, 4) is 5.75 Å². The van der Waals surface area contributed by atoms with Gasteiger partial charge in [-0.3, -0.25) is 9.79 Å². The summed E-state index contributed by atoms with van der Waals surface area (Å²) in [7, 11) is 1.67. The molecule has 0 fully saturated rings. The fourth-order valence-corrected chi connectivity index (χ4v) is 6.73. The molecular formula is C28H22N4O4. The predicted molar refractivity (Wildman–Crippen MR) is 138 cm³/mol. The molecule has 5 heterocycles. The summed E-state index contributed by atoms with van der Waals surface area (Å²) in [4.78, 5) is 17.1. The van der Waals surface area contributed by atoms with E-state index in [-0.39, 0.29) is 11.5 Å². The molecule has 0 saturated carbocycles. The van der Waals surface area contributed by atoms with Gasteiger partial charge in [-0.15, -0.1) is 0 Å². The Balaban J connectivity index is 1.78. The van der Waals surface area contributed by atoms with Crippen LogP contribution in [0.25, 0.3) is 50.7 Å². The number of carbonyl (C=O) groups is 1. The van der Waals surface area contributed by atoms with E-state index in [1.54, 1.807) is 13.2 Å². The molecule has 2 aromatic carbocycles. The van der Waals surface area contributed by atoms with Crippen molar-refractivity contribution in [3.63, 3.8) is 0 Å². The second-order valence-electron chi connectivity index (χ2n) is 10.1. The number of ether oxygens (including phenoxy) is 2. The fourth-order valence-electron chi connectivity index (χ4n) is 6.73. The highest BCUT2D eigenvalue weighted by atomic mass is 16.6. The molecule has 0 saturated heterocycles. The number of nitrogens with zero attached hydrogens (tertiary/aromatic N) is 3. The van der Waals surface area contributed by atoms with E-state index >= 15 is 0 Å². The largest absolute Gasteiger partial charge is 0.507 e. The van der Waals surface area contributed by atoms with Crippen LogP contribution in [-0.4, -0.2) is 38.9 Å². The van der Waals surface area contributed by atoms with Crippen LogP contribution in [0.15, 0.2) is 40.5 Å². The van der Waals surface area contributed by atoms with Crippen LogP contribution in [0.5, 0.6) is 5.75 Å². The van der Waals surface area contributed by atoms with Gasteiger partial charge >= 0.3 is 0 Å². The topological polar surface area (TPSA) is 104 Å². The van der Waals surface area contributed by atoms with Crippen molar-refractivity contribution in [2.45, 2.75) is 32.2 Å². The Morgan fingerprint density at radius 3 is 2.89 bits per heavy atom. The fraction of sp³-hybridized carbons (Fsp3) is 0.214. The summed E-state index contributed by atoms with van der Waals surface area (Å²) in [5.41, 5.74) is 11.8. The third-order valence-electron chi connectivity index (χ3n) is 8.20. The molecule has 0 radical (unpaired) electrons. The molecule has 8 rings (SSSR count). The van der Waals surface area contributed by atoms with Gasteiger partial charge in [-0.1, -0.05) is 0 Å². The average molecular weight is 479 g/mol. The molecule has 1 aliphatic carbocycles. The minimum Gasteiger partial charge on any atom is -0.507 e. The number of allylic oxidation sites excluding steroid dienone is 2. The van der Waals surface area contributed by atoms with Crippen LogP contribution in [0.3, 0.4) is 0 Å². The molecule has 8 heteroatoms. The lowest BCUT2D eigenvalue weighted by atomic mass is 9.95. The van der Waals surface area contributed by atoms with Crippen molar-refractivity contribution < 1.29 is 19.4 Å². The van der Waals surface area contributed by atoms with Gasteiger partial charge in [0.2, 0.25) is 0 Å². The Hall–Kier alpha value is -4.30. The van der Waals surface area contributed by atoms with Crippen LogP contribution in [0.4, 0.5) is 0 Å². The van der Waals surface area contributed by atoms with Crippen LogP contribution in [0, 0.1) is 0 Å². The highest BCUT2D eigenvalue weighted by Gasteiger charge is 2.46. The maximum atomic E-state index is 12.6. The Labute approximate surface area is 204 Å². The highest BCUT2D eigenvalue weighted by molar-refractivity contribution is 6.26. The second kappa shape index (κ2) is 6.09. The Morgan fingerprint density at radius 1 is 1.25 bits per heavy atom. The molecule has 4 aliphatic rings. The zero-order valence-corrected chi connectivity index (χ0v) is 19.9. The molecular weight excluding hydrogens is 456 g/mol. The van der Waals surface area contributed by atoms with E-state index in [9.17, 15) is 9.90 Å². The van der Waals surface area contributed by atoms with Gasteiger partial charge in [-0.05, 0) is 31.6 Å². The molecule has 0 spiro atoms. The monoisotopic (exact) mass is 478 g/mol. The summed E-state index contributed by atoms with van der Waals surface area (Å²) in [5, 5.41) is 15.6. The Morgan fingerprint density at radius 2 is 2.08 bits per heavy atom. The average Bonchev–Trinajstić information content (AvgIpc) is 3.51. The summed E-state index contributed by atoms with van der Waals surface area (Å²) < 4.78 is 17.1. The number of methoxy groups -OCH3 is 1. The van der Waals surface area contributed by atoms with Crippen molar-refractivity contribution >= 4 is 62.7 Å². The first-order chi connectivity index (χ1) is 17.3. The molecule has 8 nitrogen and oxygen atoms in total. The standard InChI is InChI=1S/C28H22N4O4/c1-12-11-31-19-6-13(33)7-20(34)23(19)22-17-10-30-9-16(17)21-15-5-4-14-8-18(15)32(25(21)24(22)31)27(35-3)28(2,36-14)26(12)29/h4-10,27,34H,11,29H2,1-3H3/b26-12+/t27-,28?/m0/s1. The number of aliphatic hydroxyl groups is 1. The summed E-state index contributed by atoms with van der Waals surface area (Å²) in [6.07, 6.45) is 6.00. The van der Waals surface area contributed by atoms with Crippen LogP contribution in [0.1, 0.15) is 31.2 Å². The first-order valence-corrected chi connectivity index (χ1v) is 11.9. The van der Waals surface area contributed by atoms with Crippen molar-refractivity contribution in [2.75, 3.05) is 7.11 Å². The summed E-state index contributed by atoms with van der Waals surface area (Å²) in [5.74, 6) is 0.420. The van der Waals surface area contributed by atoms with E-state index in [4.69, 9.17) is 15.2 Å². The number of hydrogen-bond donors (Lipinski definition) is 2. The summed E-state index contributed by atoms with van der Waals surface area (Å²) in [6.45, 7) is 4.36. The van der Waals surface area contributed by atoms with E-state index in [1.165, 1.54) is 6.08 Å². The van der Waals surface area contributed by atoms with E-state index in [2.05, 4.69) is 20.2 Å². The number of fused-ring (bicyclic) bond motifs is 9. The van der Waals surface area contributed by atoms with Crippen LogP contribution >= 0.6 is 0 Å². The van der Waals surface area contributed by atoms with Crippen LogP contribution in [0.2, 0.25) is 0 Å². The third-order valence-corrected chi connectivity index (χ3v) is 8.20. The number of aliphatic hydroxyl groups excluding tert-OH is 1. The lowest BCUT2D eigenvalue weighted by molar-refractivity contribution is -0.109. The van der Waals surface area contributed by atoms with Crippen LogP contribution in [-0.2, 0) is 16.1 Å². The molecule has 4 bridgehead atoms. The molecule has 2 atom stereocenters. The van der Waals surface area contributed by atoms with Crippen molar-refractivity contribution in [1.29, 1.82) is 0 Å². The van der Waals surface area contributed by atoms with Gasteiger partial charge in [0.1, 0.15) is 11.5 Å². The number of nitrogens with two attached hydrogens (primary N) is 1. The highest BCUT2D eigenvalue weighted by Crippen LogP contribution is 2.47. The number of aliphatic imine (C=N–C) groups is 1. The van der Waals surface area contributed by atoms with E-state index in [0.29, 0.717) is 28.9 Å². The SMILES string of the molecule is CO[C@@H]1n2c3cc4ccc3c3c5c(c6c7c(n(c6c32)C/C(C)=C(/N)C1(C)O4)=CC(=O)C=C7O)=CN=C5. The van der Waals surface area contributed by atoms with Crippen LogP contribution < -0.4 is 21.0 Å². The lowest BCUT2D eigenvalue weighted by Gasteiger charge is -2.38. The van der Waals surface area contributed by atoms with Gasteiger partial charge < -0.3 is 29.4 Å². The molecule has 0 amide bonds. The predicted octanol–water partition coefficient (Wildman–Crippen LogP) is 2.72. The number of carbonyl (C=O) groups excluding carboxylic acids is 1. The summed E-state index contributed by atoms with van der Waals surface area (Å²) in [6, 6.07) is 6.08.